The van der Waals surface area contributed by atoms with Crippen LogP contribution in [0.1, 0.15) is 31.7 Å². The number of hydrogen-bond donors (Lipinski definition) is 1. The molecule has 0 unspecified atom stereocenters. The number of quaternary nitrogens is 1. The van der Waals surface area contributed by atoms with Crippen LogP contribution < -0.4 is 10.1 Å². The Morgan fingerprint density at radius 2 is 2.06 bits per heavy atom. The van der Waals surface area contributed by atoms with E-state index >= 15 is 0 Å². The molecule has 1 heterocycles. The van der Waals surface area contributed by atoms with Gasteiger partial charge in [-0.1, -0.05) is 12.1 Å². The number of piperidine rings is 1. The second kappa shape index (κ2) is 5.90. The van der Waals surface area contributed by atoms with Crippen molar-refractivity contribution < 1.29 is 10.1 Å². The molecule has 1 aliphatic rings. The van der Waals surface area contributed by atoms with Gasteiger partial charge in [0.1, 0.15) is 5.75 Å². The van der Waals surface area contributed by atoms with Crippen LogP contribution in [0.25, 0.3) is 0 Å². The Kier molecular flexibility index (Phi) is 4.23. The second-order valence-electron chi connectivity index (χ2n) is 4.56. The highest BCUT2D eigenvalue weighted by atomic mass is 16.5. The highest BCUT2D eigenvalue weighted by Gasteiger charge is 2.16. The summed E-state index contributed by atoms with van der Waals surface area (Å²) in [4.78, 5) is 0. The first-order valence-electron chi connectivity index (χ1n) is 6.43. The van der Waals surface area contributed by atoms with Gasteiger partial charge in [-0.05, 0) is 43.9 Å². The molecule has 1 atom stereocenters. The first-order valence-corrected chi connectivity index (χ1v) is 6.43. The lowest BCUT2D eigenvalue weighted by molar-refractivity contribution is -0.697. The molecule has 1 aromatic rings. The molecule has 1 aromatic carbocycles. The van der Waals surface area contributed by atoms with Gasteiger partial charge in [0.15, 0.2) is 0 Å². The zero-order valence-corrected chi connectivity index (χ0v) is 10.1. The Morgan fingerprint density at radius 3 is 2.69 bits per heavy atom. The van der Waals surface area contributed by atoms with Gasteiger partial charge in [0, 0.05) is 6.42 Å². The summed E-state index contributed by atoms with van der Waals surface area (Å²) in [7, 11) is 0. The summed E-state index contributed by atoms with van der Waals surface area (Å²) in [5, 5.41) is 2.50. The van der Waals surface area contributed by atoms with Crippen LogP contribution in [0.3, 0.4) is 0 Å². The fourth-order valence-electron chi connectivity index (χ4n) is 2.40. The summed E-state index contributed by atoms with van der Waals surface area (Å²) >= 11 is 0. The minimum atomic E-state index is 0.746. The predicted octanol–water partition coefficient (Wildman–Crippen LogP) is 1.74. The number of ether oxygens (including phenoxy) is 1. The summed E-state index contributed by atoms with van der Waals surface area (Å²) in [6.07, 6.45) is 5.36. The maximum Gasteiger partial charge on any atom is 0.119 e. The summed E-state index contributed by atoms with van der Waals surface area (Å²) in [6, 6.07) is 9.37. The van der Waals surface area contributed by atoms with Gasteiger partial charge >= 0.3 is 0 Å². The standard InChI is InChI=1S/C14H21NO/c1-2-16-14-8-6-12(7-9-14)11-13-5-3-4-10-15-13/h6-9,13,15H,2-5,10-11H2,1H3/p+1/t13-/m0/s1. The highest BCUT2D eigenvalue weighted by Crippen LogP contribution is 2.14. The lowest BCUT2D eigenvalue weighted by atomic mass is 9.98. The third-order valence-electron chi connectivity index (χ3n) is 3.26. The average Bonchev–Trinajstić information content (AvgIpc) is 2.33. The Morgan fingerprint density at radius 1 is 1.25 bits per heavy atom. The number of hydrogen-bond acceptors (Lipinski definition) is 1. The lowest BCUT2D eigenvalue weighted by Gasteiger charge is -2.20. The second-order valence-corrected chi connectivity index (χ2v) is 4.56. The van der Waals surface area contributed by atoms with Crippen molar-refractivity contribution in [2.45, 2.75) is 38.6 Å². The number of benzene rings is 1. The van der Waals surface area contributed by atoms with Gasteiger partial charge in [-0.2, -0.15) is 0 Å². The maximum atomic E-state index is 5.44. The van der Waals surface area contributed by atoms with Gasteiger partial charge < -0.3 is 10.1 Å². The summed E-state index contributed by atoms with van der Waals surface area (Å²) < 4.78 is 5.44. The van der Waals surface area contributed by atoms with E-state index in [2.05, 4.69) is 29.6 Å². The van der Waals surface area contributed by atoms with Crippen molar-refractivity contribution >= 4 is 0 Å². The van der Waals surface area contributed by atoms with Gasteiger partial charge in [0.25, 0.3) is 0 Å². The zero-order chi connectivity index (χ0) is 11.2. The molecule has 1 saturated heterocycles. The van der Waals surface area contributed by atoms with E-state index in [0.717, 1.165) is 18.4 Å². The molecule has 16 heavy (non-hydrogen) atoms. The SMILES string of the molecule is CCOc1ccc(C[C@@H]2CCCC[NH2+]2)cc1. The topological polar surface area (TPSA) is 25.8 Å². The van der Waals surface area contributed by atoms with Gasteiger partial charge in [-0.25, -0.2) is 0 Å². The molecular formula is C14H22NO+. The minimum Gasteiger partial charge on any atom is -0.494 e. The Hall–Kier alpha value is -1.02. The lowest BCUT2D eigenvalue weighted by Crippen LogP contribution is -2.91. The molecule has 0 spiro atoms. The van der Waals surface area contributed by atoms with Crippen LogP contribution in [0, 0.1) is 0 Å². The smallest absolute Gasteiger partial charge is 0.119 e. The largest absolute Gasteiger partial charge is 0.494 e. The highest BCUT2D eigenvalue weighted by molar-refractivity contribution is 5.27. The first-order chi connectivity index (χ1) is 7.88. The Labute approximate surface area is 98.0 Å². The van der Waals surface area contributed by atoms with E-state index in [1.807, 2.05) is 6.92 Å². The van der Waals surface area contributed by atoms with Gasteiger partial charge in [0.05, 0.1) is 19.2 Å². The van der Waals surface area contributed by atoms with Crippen LogP contribution in [-0.2, 0) is 6.42 Å². The van der Waals surface area contributed by atoms with E-state index < -0.39 is 0 Å². The third kappa shape index (κ3) is 3.24. The normalized spacial score (nSPS) is 20.7. The summed E-state index contributed by atoms with van der Waals surface area (Å²) in [5.41, 5.74) is 1.44. The molecule has 2 nitrogen and oxygen atoms in total. The van der Waals surface area contributed by atoms with Crippen molar-refractivity contribution in [2.24, 2.45) is 0 Å². The van der Waals surface area contributed by atoms with E-state index in [-0.39, 0.29) is 0 Å². The van der Waals surface area contributed by atoms with Crippen molar-refractivity contribution in [1.82, 2.24) is 0 Å². The van der Waals surface area contributed by atoms with Crippen LogP contribution in [0.2, 0.25) is 0 Å². The fraction of sp³-hybridized carbons (Fsp3) is 0.571. The van der Waals surface area contributed by atoms with Crippen LogP contribution in [0.5, 0.6) is 5.75 Å². The van der Waals surface area contributed by atoms with Crippen molar-refractivity contribution in [1.29, 1.82) is 0 Å². The van der Waals surface area contributed by atoms with Crippen LogP contribution in [0.15, 0.2) is 24.3 Å². The van der Waals surface area contributed by atoms with E-state index in [1.54, 1.807) is 0 Å². The molecule has 0 radical (unpaired) electrons. The monoisotopic (exact) mass is 220 g/mol. The van der Waals surface area contributed by atoms with Gasteiger partial charge in [-0.3, -0.25) is 0 Å². The van der Waals surface area contributed by atoms with E-state index in [1.165, 1.54) is 37.8 Å². The third-order valence-corrected chi connectivity index (χ3v) is 3.26. The van der Waals surface area contributed by atoms with Crippen LogP contribution in [-0.4, -0.2) is 19.2 Å². The number of rotatable bonds is 4. The van der Waals surface area contributed by atoms with Crippen molar-refractivity contribution in [3.63, 3.8) is 0 Å². The van der Waals surface area contributed by atoms with Crippen molar-refractivity contribution in [2.75, 3.05) is 13.2 Å². The molecule has 1 aliphatic heterocycles. The average molecular weight is 220 g/mol. The van der Waals surface area contributed by atoms with E-state index in [9.17, 15) is 0 Å². The van der Waals surface area contributed by atoms with Gasteiger partial charge in [-0.15, -0.1) is 0 Å². The molecule has 2 rings (SSSR count). The quantitative estimate of drug-likeness (QED) is 0.822. The fourth-order valence-corrected chi connectivity index (χ4v) is 2.40. The Bertz CT molecular complexity index is 301. The minimum absolute atomic E-state index is 0.746. The summed E-state index contributed by atoms with van der Waals surface area (Å²) in [5.74, 6) is 0.985. The van der Waals surface area contributed by atoms with Crippen molar-refractivity contribution in [3.8, 4) is 5.75 Å². The van der Waals surface area contributed by atoms with Gasteiger partial charge in [0.2, 0.25) is 0 Å². The molecule has 0 bridgehead atoms. The molecule has 88 valence electrons. The molecule has 2 N–H and O–H groups in total. The molecule has 0 aromatic heterocycles. The Balaban J connectivity index is 1.88. The maximum absolute atomic E-state index is 5.44. The molecule has 2 heteroatoms. The molecule has 1 fully saturated rings. The molecule has 0 amide bonds. The molecular weight excluding hydrogens is 198 g/mol. The molecule has 0 aliphatic carbocycles. The number of nitrogens with two attached hydrogens (primary N) is 1. The predicted molar refractivity (Wildman–Crippen MR) is 65.7 cm³/mol. The van der Waals surface area contributed by atoms with E-state index in [4.69, 9.17) is 4.74 Å². The zero-order valence-electron chi connectivity index (χ0n) is 10.1. The first kappa shape index (κ1) is 11.5. The van der Waals surface area contributed by atoms with Crippen LogP contribution >= 0.6 is 0 Å². The van der Waals surface area contributed by atoms with Crippen LogP contribution in [0.4, 0.5) is 0 Å². The molecule has 0 saturated carbocycles. The van der Waals surface area contributed by atoms with E-state index in [0.29, 0.717) is 0 Å². The van der Waals surface area contributed by atoms with Crippen molar-refractivity contribution in [3.05, 3.63) is 29.8 Å². The summed E-state index contributed by atoms with van der Waals surface area (Å²) in [6.45, 7) is 4.07.